The molecule has 3 aromatic carbocycles. The summed E-state index contributed by atoms with van der Waals surface area (Å²) in [6.45, 7) is 2.11. The summed E-state index contributed by atoms with van der Waals surface area (Å²) in [7, 11) is 0. The van der Waals surface area contributed by atoms with Crippen LogP contribution in [0.15, 0.2) is 71.3 Å². The van der Waals surface area contributed by atoms with E-state index in [0.29, 0.717) is 0 Å². The summed E-state index contributed by atoms with van der Waals surface area (Å²) in [4.78, 5) is 0. The Hall–Kier alpha value is -2.54. The standard InChI is InChI=1S/C19H14O/c1-13-2-4-14(5-3-13)15-6-8-17-16(12-15)7-9-19-18(17)10-11-20-19/h2-12H,1H3. The van der Waals surface area contributed by atoms with Gasteiger partial charge in [-0.15, -0.1) is 0 Å². The van der Waals surface area contributed by atoms with Crippen molar-refractivity contribution in [2.45, 2.75) is 6.92 Å². The number of furan rings is 1. The molecule has 1 nitrogen and oxygen atoms in total. The van der Waals surface area contributed by atoms with E-state index in [-0.39, 0.29) is 0 Å². The van der Waals surface area contributed by atoms with E-state index in [0.717, 1.165) is 5.58 Å². The van der Waals surface area contributed by atoms with Crippen LogP contribution in [0.4, 0.5) is 0 Å². The van der Waals surface area contributed by atoms with Gasteiger partial charge in [-0.2, -0.15) is 0 Å². The molecule has 0 aliphatic carbocycles. The van der Waals surface area contributed by atoms with Gasteiger partial charge in [0.1, 0.15) is 5.58 Å². The SMILES string of the molecule is Cc1ccc(-c2ccc3c(ccc4occc43)c2)cc1. The molecule has 96 valence electrons. The minimum absolute atomic E-state index is 0.945. The first kappa shape index (κ1) is 11.3. The summed E-state index contributed by atoms with van der Waals surface area (Å²) >= 11 is 0. The third kappa shape index (κ3) is 1.71. The predicted molar refractivity (Wildman–Crippen MR) is 83.9 cm³/mol. The molecule has 1 heteroatoms. The van der Waals surface area contributed by atoms with Gasteiger partial charge in [0.05, 0.1) is 6.26 Å². The second-order valence-corrected chi connectivity index (χ2v) is 5.20. The quantitative estimate of drug-likeness (QED) is 0.435. The van der Waals surface area contributed by atoms with Crippen LogP contribution in [0, 0.1) is 6.92 Å². The van der Waals surface area contributed by atoms with Gasteiger partial charge in [0.2, 0.25) is 0 Å². The number of hydrogen-bond donors (Lipinski definition) is 0. The summed E-state index contributed by atoms with van der Waals surface area (Å²) < 4.78 is 5.45. The van der Waals surface area contributed by atoms with Crippen molar-refractivity contribution in [1.82, 2.24) is 0 Å². The molecule has 0 fully saturated rings. The summed E-state index contributed by atoms with van der Waals surface area (Å²) in [6.07, 6.45) is 1.75. The lowest BCUT2D eigenvalue weighted by molar-refractivity contribution is 0.616. The van der Waals surface area contributed by atoms with Gasteiger partial charge in [-0.3, -0.25) is 0 Å². The minimum Gasteiger partial charge on any atom is -0.464 e. The molecule has 0 spiro atoms. The lowest BCUT2D eigenvalue weighted by Gasteiger charge is -2.05. The largest absolute Gasteiger partial charge is 0.464 e. The van der Waals surface area contributed by atoms with Crippen molar-refractivity contribution in [2.75, 3.05) is 0 Å². The van der Waals surface area contributed by atoms with Crippen LogP contribution < -0.4 is 0 Å². The van der Waals surface area contributed by atoms with Crippen molar-refractivity contribution in [3.63, 3.8) is 0 Å². The fourth-order valence-electron chi connectivity index (χ4n) is 2.71. The first-order valence-electron chi connectivity index (χ1n) is 6.78. The molecule has 4 aromatic rings. The van der Waals surface area contributed by atoms with E-state index in [4.69, 9.17) is 4.42 Å². The normalized spacial score (nSPS) is 11.2. The van der Waals surface area contributed by atoms with Gasteiger partial charge in [0.25, 0.3) is 0 Å². The van der Waals surface area contributed by atoms with Gasteiger partial charge in [0.15, 0.2) is 0 Å². The maximum Gasteiger partial charge on any atom is 0.134 e. The predicted octanol–water partition coefficient (Wildman–Crippen LogP) is 5.56. The van der Waals surface area contributed by atoms with E-state index in [1.54, 1.807) is 6.26 Å². The maximum atomic E-state index is 5.45. The van der Waals surface area contributed by atoms with Gasteiger partial charge < -0.3 is 4.42 Å². The van der Waals surface area contributed by atoms with Crippen molar-refractivity contribution in [3.05, 3.63) is 72.5 Å². The second kappa shape index (κ2) is 4.24. The van der Waals surface area contributed by atoms with Gasteiger partial charge in [-0.25, -0.2) is 0 Å². The smallest absolute Gasteiger partial charge is 0.134 e. The molecule has 20 heavy (non-hydrogen) atoms. The van der Waals surface area contributed by atoms with Crippen LogP contribution >= 0.6 is 0 Å². The third-order valence-electron chi connectivity index (χ3n) is 3.84. The Morgan fingerprint density at radius 1 is 0.700 bits per heavy atom. The van der Waals surface area contributed by atoms with E-state index >= 15 is 0 Å². The van der Waals surface area contributed by atoms with Crippen LogP contribution in [0.25, 0.3) is 32.9 Å². The molecule has 1 heterocycles. The summed E-state index contributed by atoms with van der Waals surface area (Å²) in [5.74, 6) is 0. The van der Waals surface area contributed by atoms with Crippen LogP contribution in [0.1, 0.15) is 5.56 Å². The Labute approximate surface area is 117 Å². The molecule has 0 aliphatic rings. The van der Waals surface area contributed by atoms with Gasteiger partial charge in [-0.05, 0) is 47.0 Å². The molecule has 0 bridgehead atoms. The number of hydrogen-bond acceptors (Lipinski definition) is 1. The zero-order valence-electron chi connectivity index (χ0n) is 11.3. The van der Waals surface area contributed by atoms with Crippen molar-refractivity contribution in [3.8, 4) is 11.1 Å². The highest BCUT2D eigenvalue weighted by Crippen LogP contribution is 2.30. The summed E-state index contributed by atoms with van der Waals surface area (Å²) in [6, 6.07) is 21.4. The molecule has 4 rings (SSSR count). The number of aryl methyl sites for hydroxylation is 1. The van der Waals surface area contributed by atoms with Crippen LogP contribution in [-0.4, -0.2) is 0 Å². The molecule has 0 saturated heterocycles. The van der Waals surface area contributed by atoms with E-state index in [1.807, 2.05) is 12.1 Å². The van der Waals surface area contributed by atoms with Crippen LogP contribution in [0.2, 0.25) is 0 Å². The zero-order chi connectivity index (χ0) is 13.5. The number of fused-ring (bicyclic) bond motifs is 3. The van der Waals surface area contributed by atoms with Crippen LogP contribution in [0.3, 0.4) is 0 Å². The topological polar surface area (TPSA) is 13.1 Å². The molecule has 1 aromatic heterocycles. The van der Waals surface area contributed by atoms with E-state index in [2.05, 4.69) is 55.5 Å². The Morgan fingerprint density at radius 3 is 2.35 bits per heavy atom. The highest BCUT2D eigenvalue weighted by molar-refractivity contribution is 6.06. The maximum absolute atomic E-state index is 5.45. The average Bonchev–Trinajstić information content (AvgIpc) is 2.96. The Morgan fingerprint density at radius 2 is 1.50 bits per heavy atom. The van der Waals surface area contributed by atoms with Crippen molar-refractivity contribution < 1.29 is 4.42 Å². The molecule has 0 amide bonds. The molecule has 0 unspecified atom stereocenters. The molecular formula is C19H14O. The summed E-state index contributed by atoms with van der Waals surface area (Å²) in [5, 5.41) is 3.67. The number of benzene rings is 3. The highest BCUT2D eigenvalue weighted by atomic mass is 16.3. The van der Waals surface area contributed by atoms with Crippen molar-refractivity contribution >= 4 is 21.7 Å². The molecule has 0 saturated carbocycles. The van der Waals surface area contributed by atoms with Crippen LogP contribution in [0.5, 0.6) is 0 Å². The minimum atomic E-state index is 0.945. The fourth-order valence-corrected chi connectivity index (χ4v) is 2.71. The van der Waals surface area contributed by atoms with Crippen molar-refractivity contribution in [2.24, 2.45) is 0 Å². The van der Waals surface area contributed by atoms with E-state index in [1.165, 1.54) is 32.8 Å². The third-order valence-corrected chi connectivity index (χ3v) is 3.84. The number of rotatable bonds is 1. The van der Waals surface area contributed by atoms with E-state index < -0.39 is 0 Å². The van der Waals surface area contributed by atoms with Crippen molar-refractivity contribution in [1.29, 1.82) is 0 Å². The monoisotopic (exact) mass is 258 g/mol. The Balaban J connectivity index is 1.94. The molecule has 0 radical (unpaired) electrons. The Kier molecular flexibility index (Phi) is 2.40. The molecule has 0 N–H and O–H groups in total. The highest BCUT2D eigenvalue weighted by Gasteiger charge is 2.04. The first-order valence-corrected chi connectivity index (χ1v) is 6.78. The van der Waals surface area contributed by atoms with Gasteiger partial charge >= 0.3 is 0 Å². The lowest BCUT2D eigenvalue weighted by Crippen LogP contribution is -1.80. The van der Waals surface area contributed by atoms with Gasteiger partial charge in [0, 0.05) is 5.39 Å². The van der Waals surface area contributed by atoms with E-state index in [9.17, 15) is 0 Å². The second-order valence-electron chi connectivity index (χ2n) is 5.20. The van der Waals surface area contributed by atoms with Gasteiger partial charge in [-0.1, -0.05) is 48.0 Å². The first-order chi connectivity index (χ1) is 9.81. The average molecular weight is 258 g/mol. The fraction of sp³-hybridized carbons (Fsp3) is 0.0526. The van der Waals surface area contributed by atoms with Crippen LogP contribution in [-0.2, 0) is 0 Å². The molecule has 0 atom stereocenters. The Bertz CT molecular complexity index is 898. The summed E-state index contributed by atoms with van der Waals surface area (Å²) in [5.41, 5.74) is 4.74. The molecule has 0 aliphatic heterocycles. The zero-order valence-corrected chi connectivity index (χ0v) is 11.3. The lowest BCUT2D eigenvalue weighted by atomic mass is 9.99. The molecular weight excluding hydrogens is 244 g/mol.